The average molecular weight is 294 g/mol. The van der Waals surface area contributed by atoms with Crippen LogP contribution < -0.4 is 10.5 Å². The molecule has 1 fully saturated rings. The molecule has 1 aliphatic heterocycles. The molecule has 116 valence electrons. The first-order valence-electron chi connectivity index (χ1n) is 7.44. The number of halogens is 1. The zero-order valence-electron chi connectivity index (χ0n) is 12.6. The minimum atomic E-state index is -0.599. The van der Waals surface area contributed by atoms with Crippen LogP contribution in [0.3, 0.4) is 0 Å². The largest absolute Gasteiger partial charge is 0.481 e. The summed E-state index contributed by atoms with van der Waals surface area (Å²) in [5, 5.41) is 0. The van der Waals surface area contributed by atoms with Gasteiger partial charge in [-0.3, -0.25) is 4.79 Å². The molecule has 1 amide bonds. The summed E-state index contributed by atoms with van der Waals surface area (Å²) in [6, 6.07) is 5.77. The van der Waals surface area contributed by atoms with Crippen LogP contribution in [0.2, 0.25) is 0 Å². The van der Waals surface area contributed by atoms with Crippen LogP contribution in [0.25, 0.3) is 0 Å². The van der Waals surface area contributed by atoms with Gasteiger partial charge in [0.1, 0.15) is 11.6 Å². The van der Waals surface area contributed by atoms with Gasteiger partial charge in [0.15, 0.2) is 6.10 Å². The number of hydrogen-bond acceptors (Lipinski definition) is 3. The van der Waals surface area contributed by atoms with Gasteiger partial charge >= 0.3 is 0 Å². The molecule has 0 spiro atoms. The Morgan fingerprint density at radius 2 is 2.14 bits per heavy atom. The van der Waals surface area contributed by atoms with Gasteiger partial charge in [0.25, 0.3) is 5.91 Å². The summed E-state index contributed by atoms with van der Waals surface area (Å²) in [4.78, 5) is 14.3. The molecule has 1 saturated heterocycles. The van der Waals surface area contributed by atoms with E-state index in [1.54, 1.807) is 6.92 Å². The van der Waals surface area contributed by atoms with Crippen molar-refractivity contribution < 1.29 is 13.9 Å². The summed E-state index contributed by atoms with van der Waals surface area (Å²) in [6.45, 7) is 5.10. The maximum absolute atomic E-state index is 12.9. The van der Waals surface area contributed by atoms with Crippen LogP contribution >= 0.6 is 0 Å². The normalized spacial score (nSPS) is 23.7. The lowest BCUT2D eigenvalue weighted by molar-refractivity contribution is -0.142. The molecule has 0 radical (unpaired) electrons. The van der Waals surface area contributed by atoms with E-state index >= 15 is 0 Å². The second-order valence-electron chi connectivity index (χ2n) is 5.76. The molecular weight excluding hydrogens is 271 g/mol. The third-order valence-electron chi connectivity index (χ3n) is 4.01. The molecule has 5 heteroatoms. The Hall–Kier alpha value is -1.62. The first-order valence-corrected chi connectivity index (χ1v) is 7.44. The summed E-state index contributed by atoms with van der Waals surface area (Å²) in [6.07, 6.45) is 1.33. The topological polar surface area (TPSA) is 55.6 Å². The Balaban J connectivity index is 1.99. The highest BCUT2D eigenvalue weighted by Crippen LogP contribution is 2.23. The number of amides is 1. The lowest BCUT2D eigenvalue weighted by atomic mass is 9.92. The van der Waals surface area contributed by atoms with Gasteiger partial charge in [0, 0.05) is 19.1 Å². The van der Waals surface area contributed by atoms with Crippen molar-refractivity contribution in [1.29, 1.82) is 0 Å². The van der Waals surface area contributed by atoms with Crippen LogP contribution in [0.15, 0.2) is 24.3 Å². The van der Waals surface area contributed by atoms with Crippen molar-refractivity contribution in [2.45, 2.75) is 38.8 Å². The predicted octanol–water partition coefficient (Wildman–Crippen LogP) is 2.18. The van der Waals surface area contributed by atoms with Crippen LogP contribution in [0.5, 0.6) is 5.75 Å². The molecule has 1 aromatic carbocycles. The number of rotatable bonds is 4. The van der Waals surface area contributed by atoms with Crippen molar-refractivity contribution in [3.05, 3.63) is 30.1 Å². The van der Waals surface area contributed by atoms with E-state index in [-0.39, 0.29) is 17.8 Å². The molecule has 2 rings (SSSR count). The van der Waals surface area contributed by atoms with Crippen LogP contribution in [0.1, 0.15) is 26.7 Å². The smallest absolute Gasteiger partial charge is 0.263 e. The van der Waals surface area contributed by atoms with E-state index in [1.807, 2.05) is 4.90 Å². The number of nitrogens with zero attached hydrogens (tertiary/aromatic N) is 1. The van der Waals surface area contributed by atoms with E-state index < -0.39 is 6.10 Å². The van der Waals surface area contributed by atoms with Gasteiger partial charge in [-0.05, 0) is 49.9 Å². The van der Waals surface area contributed by atoms with E-state index in [0.29, 0.717) is 18.2 Å². The van der Waals surface area contributed by atoms with Crippen LogP contribution in [0, 0.1) is 11.7 Å². The molecule has 2 N–H and O–H groups in total. The third-order valence-corrected chi connectivity index (χ3v) is 4.01. The Kier molecular flexibility index (Phi) is 5.17. The van der Waals surface area contributed by atoms with Gasteiger partial charge in [-0.15, -0.1) is 0 Å². The molecule has 4 nitrogen and oxygen atoms in total. The molecular formula is C16H23FN2O2. The predicted molar refractivity (Wildman–Crippen MR) is 79.4 cm³/mol. The molecule has 21 heavy (non-hydrogen) atoms. The number of carbonyl (C=O) groups excluding carboxylic acids is 1. The zero-order valence-corrected chi connectivity index (χ0v) is 12.6. The molecule has 0 aliphatic carbocycles. The highest BCUT2D eigenvalue weighted by molar-refractivity contribution is 5.81. The summed E-state index contributed by atoms with van der Waals surface area (Å²) < 4.78 is 18.5. The van der Waals surface area contributed by atoms with Gasteiger partial charge in [0.2, 0.25) is 0 Å². The summed E-state index contributed by atoms with van der Waals surface area (Å²) >= 11 is 0. The molecule has 0 saturated carbocycles. The molecule has 0 bridgehead atoms. The second-order valence-corrected chi connectivity index (χ2v) is 5.76. The van der Waals surface area contributed by atoms with Gasteiger partial charge in [-0.1, -0.05) is 6.92 Å². The highest BCUT2D eigenvalue weighted by Gasteiger charge is 2.32. The van der Waals surface area contributed by atoms with E-state index in [4.69, 9.17) is 10.5 Å². The number of likely N-dealkylation sites (tertiary alicyclic amines) is 1. The zero-order chi connectivity index (χ0) is 15.4. The standard InChI is InChI=1S/C16H23FN2O2/c1-11-7-8-19(14(9-11)10-18)16(20)12(2)21-15-5-3-13(17)4-6-15/h3-6,11-12,14H,7-10,18H2,1-2H3. The first kappa shape index (κ1) is 15.8. The number of carbonyl (C=O) groups is 1. The molecule has 1 aliphatic rings. The van der Waals surface area contributed by atoms with E-state index in [9.17, 15) is 9.18 Å². The van der Waals surface area contributed by atoms with Crippen molar-refractivity contribution in [2.24, 2.45) is 11.7 Å². The van der Waals surface area contributed by atoms with E-state index in [1.165, 1.54) is 24.3 Å². The fourth-order valence-corrected chi connectivity index (χ4v) is 2.77. The molecule has 3 unspecified atom stereocenters. The molecule has 1 heterocycles. The maximum Gasteiger partial charge on any atom is 0.263 e. The van der Waals surface area contributed by atoms with Crippen molar-refractivity contribution >= 4 is 5.91 Å². The van der Waals surface area contributed by atoms with Crippen LogP contribution in [0.4, 0.5) is 4.39 Å². The van der Waals surface area contributed by atoms with Gasteiger partial charge < -0.3 is 15.4 Å². The fraction of sp³-hybridized carbons (Fsp3) is 0.562. The number of nitrogens with two attached hydrogens (primary N) is 1. The van der Waals surface area contributed by atoms with Crippen molar-refractivity contribution in [1.82, 2.24) is 4.90 Å². The van der Waals surface area contributed by atoms with Crippen LogP contribution in [-0.2, 0) is 4.79 Å². The summed E-state index contributed by atoms with van der Waals surface area (Å²) in [5.74, 6) is 0.707. The average Bonchev–Trinajstić information content (AvgIpc) is 2.48. The highest BCUT2D eigenvalue weighted by atomic mass is 19.1. The SMILES string of the molecule is CC1CCN(C(=O)C(C)Oc2ccc(F)cc2)C(CN)C1. The number of ether oxygens (including phenoxy) is 1. The van der Waals surface area contributed by atoms with Gasteiger partial charge in [-0.2, -0.15) is 0 Å². The summed E-state index contributed by atoms with van der Waals surface area (Å²) in [5.41, 5.74) is 5.79. The minimum absolute atomic E-state index is 0.0540. The number of hydrogen-bond donors (Lipinski definition) is 1. The Morgan fingerprint density at radius 1 is 1.48 bits per heavy atom. The van der Waals surface area contributed by atoms with Crippen molar-refractivity contribution in [3.8, 4) is 5.75 Å². The monoisotopic (exact) mass is 294 g/mol. The molecule has 0 aromatic heterocycles. The van der Waals surface area contributed by atoms with Crippen LogP contribution in [-0.4, -0.2) is 36.0 Å². The Bertz CT molecular complexity index is 478. The molecule has 3 atom stereocenters. The van der Waals surface area contributed by atoms with Gasteiger partial charge in [-0.25, -0.2) is 4.39 Å². The minimum Gasteiger partial charge on any atom is -0.481 e. The van der Waals surface area contributed by atoms with Crippen molar-refractivity contribution in [3.63, 3.8) is 0 Å². The maximum atomic E-state index is 12.9. The first-order chi connectivity index (χ1) is 10.0. The van der Waals surface area contributed by atoms with Crippen molar-refractivity contribution in [2.75, 3.05) is 13.1 Å². The lowest BCUT2D eigenvalue weighted by Crippen LogP contribution is -2.52. The Labute approximate surface area is 125 Å². The molecule has 1 aromatic rings. The quantitative estimate of drug-likeness (QED) is 0.926. The number of benzene rings is 1. The lowest BCUT2D eigenvalue weighted by Gasteiger charge is -2.39. The third kappa shape index (κ3) is 3.94. The second kappa shape index (κ2) is 6.89. The number of piperidine rings is 1. The Morgan fingerprint density at radius 3 is 2.76 bits per heavy atom. The fourth-order valence-electron chi connectivity index (χ4n) is 2.77. The van der Waals surface area contributed by atoms with E-state index in [2.05, 4.69) is 6.92 Å². The van der Waals surface area contributed by atoms with E-state index in [0.717, 1.165) is 19.4 Å². The summed E-state index contributed by atoms with van der Waals surface area (Å²) in [7, 11) is 0. The van der Waals surface area contributed by atoms with Gasteiger partial charge in [0.05, 0.1) is 0 Å².